The molecule has 0 saturated carbocycles. The first-order valence-electron chi connectivity index (χ1n) is 10.3. The van der Waals surface area contributed by atoms with Crippen molar-refractivity contribution in [3.8, 4) is 17.1 Å². The number of hydrogen-bond donors (Lipinski definition) is 1. The van der Waals surface area contributed by atoms with Gasteiger partial charge in [0.2, 0.25) is 5.43 Å². The molecule has 3 heterocycles. The molecule has 0 fully saturated rings. The van der Waals surface area contributed by atoms with E-state index >= 15 is 0 Å². The van der Waals surface area contributed by atoms with E-state index in [4.69, 9.17) is 9.72 Å². The summed E-state index contributed by atoms with van der Waals surface area (Å²) in [6, 6.07) is 9.44. The molecule has 31 heavy (non-hydrogen) atoms. The lowest BCUT2D eigenvalue weighted by Crippen LogP contribution is -2.25. The molecule has 0 unspecified atom stereocenters. The van der Waals surface area contributed by atoms with Crippen molar-refractivity contribution in [3.05, 3.63) is 78.8 Å². The van der Waals surface area contributed by atoms with E-state index in [1.165, 1.54) is 17.4 Å². The molecule has 1 N–H and O–H groups in total. The maximum atomic E-state index is 13.5. The molecule has 160 valence electrons. The van der Waals surface area contributed by atoms with Gasteiger partial charge in [0, 0.05) is 28.4 Å². The fraction of sp³-hybridized carbons (Fsp3) is 0.292. The average molecular weight is 436 g/mol. The van der Waals surface area contributed by atoms with Crippen LogP contribution in [0.3, 0.4) is 0 Å². The molecular weight excluding hydrogens is 410 g/mol. The van der Waals surface area contributed by atoms with Gasteiger partial charge in [-0.3, -0.25) is 14.2 Å². The molecular formula is C24H25N3O3S. The Morgan fingerprint density at radius 1 is 1.13 bits per heavy atom. The van der Waals surface area contributed by atoms with Crippen LogP contribution in [-0.4, -0.2) is 21.1 Å². The molecule has 0 spiro atoms. The number of pyridine rings is 1. The van der Waals surface area contributed by atoms with Gasteiger partial charge in [0.15, 0.2) is 5.75 Å². The first-order valence-corrected chi connectivity index (χ1v) is 11.1. The number of benzene rings is 1. The lowest BCUT2D eigenvalue weighted by molar-refractivity contribution is 0.313. The molecule has 0 aliphatic heterocycles. The Morgan fingerprint density at radius 2 is 1.87 bits per heavy atom. The number of fused-ring (bicyclic) bond motifs is 1. The summed E-state index contributed by atoms with van der Waals surface area (Å²) in [6.45, 7) is 8.66. The summed E-state index contributed by atoms with van der Waals surface area (Å²) < 4.78 is 7.11. The SMILES string of the molecule is CCCOc1c[nH]c(Cn2c(-c3ccc(C)cc3)nc3sc(C)c(C)c3c2=O)cc1=O. The highest BCUT2D eigenvalue weighted by molar-refractivity contribution is 7.18. The van der Waals surface area contributed by atoms with Crippen molar-refractivity contribution in [3.63, 3.8) is 0 Å². The maximum absolute atomic E-state index is 13.5. The predicted octanol–water partition coefficient (Wildman–Crippen LogP) is 4.58. The Bertz CT molecular complexity index is 1360. The van der Waals surface area contributed by atoms with Crippen LogP contribution in [0.4, 0.5) is 0 Å². The Morgan fingerprint density at radius 3 is 2.55 bits per heavy atom. The monoisotopic (exact) mass is 435 g/mol. The second-order valence-electron chi connectivity index (χ2n) is 7.69. The summed E-state index contributed by atoms with van der Waals surface area (Å²) in [7, 11) is 0. The normalized spacial score (nSPS) is 11.2. The lowest BCUT2D eigenvalue weighted by atomic mass is 10.1. The van der Waals surface area contributed by atoms with Gasteiger partial charge in [-0.1, -0.05) is 36.8 Å². The quantitative estimate of drug-likeness (QED) is 0.481. The van der Waals surface area contributed by atoms with Crippen molar-refractivity contribution in [2.24, 2.45) is 0 Å². The van der Waals surface area contributed by atoms with E-state index in [2.05, 4.69) is 4.98 Å². The zero-order valence-corrected chi connectivity index (χ0v) is 18.9. The first kappa shape index (κ1) is 21.1. The van der Waals surface area contributed by atoms with Gasteiger partial charge in [0.1, 0.15) is 10.7 Å². The largest absolute Gasteiger partial charge is 0.488 e. The highest BCUT2D eigenvalue weighted by Crippen LogP contribution is 2.29. The van der Waals surface area contributed by atoms with E-state index in [1.807, 2.05) is 52.0 Å². The van der Waals surface area contributed by atoms with Gasteiger partial charge in [-0.05, 0) is 32.8 Å². The lowest BCUT2D eigenvalue weighted by Gasteiger charge is -2.14. The third-order valence-corrected chi connectivity index (χ3v) is 6.43. The smallest absolute Gasteiger partial charge is 0.263 e. The van der Waals surface area contributed by atoms with E-state index in [1.54, 1.807) is 10.8 Å². The van der Waals surface area contributed by atoms with E-state index in [0.717, 1.165) is 32.8 Å². The highest BCUT2D eigenvalue weighted by Gasteiger charge is 2.18. The number of nitrogens with zero attached hydrogens (tertiary/aromatic N) is 2. The van der Waals surface area contributed by atoms with Crippen LogP contribution in [0, 0.1) is 20.8 Å². The Labute approximate surface area is 184 Å². The van der Waals surface area contributed by atoms with Crippen LogP contribution in [0.5, 0.6) is 5.75 Å². The summed E-state index contributed by atoms with van der Waals surface area (Å²) in [6.07, 6.45) is 2.39. The number of rotatable bonds is 6. The second-order valence-corrected chi connectivity index (χ2v) is 8.89. The van der Waals surface area contributed by atoms with Crippen LogP contribution in [0.15, 0.2) is 46.1 Å². The van der Waals surface area contributed by atoms with Crippen molar-refractivity contribution in [1.29, 1.82) is 0 Å². The van der Waals surface area contributed by atoms with Gasteiger partial charge >= 0.3 is 0 Å². The maximum Gasteiger partial charge on any atom is 0.263 e. The van der Waals surface area contributed by atoms with Crippen molar-refractivity contribution < 1.29 is 4.74 Å². The van der Waals surface area contributed by atoms with E-state index < -0.39 is 0 Å². The van der Waals surface area contributed by atoms with Crippen molar-refractivity contribution >= 4 is 21.6 Å². The molecule has 0 amide bonds. The number of aromatic nitrogens is 3. The fourth-order valence-electron chi connectivity index (χ4n) is 3.48. The van der Waals surface area contributed by atoms with Gasteiger partial charge in [-0.15, -0.1) is 11.3 Å². The van der Waals surface area contributed by atoms with Crippen LogP contribution in [-0.2, 0) is 6.54 Å². The number of aromatic amines is 1. The molecule has 0 aliphatic carbocycles. The summed E-state index contributed by atoms with van der Waals surface area (Å²) in [5, 5.41) is 0.642. The molecule has 0 saturated heterocycles. The number of H-pyrrole nitrogens is 1. The van der Waals surface area contributed by atoms with Crippen LogP contribution < -0.4 is 15.7 Å². The van der Waals surface area contributed by atoms with Gasteiger partial charge in [-0.25, -0.2) is 4.98 Å². The van der Waals surface area contributed by atoms with Gasteiger partial charge in [0.25, 0.3) is 5.56 Å². The molecule has 0 bridgehead atoms. The van der Waals surface area contributed by atoms with Crippen LogP contribution in [0.25, 0.3) is 21.6 Å². The van der Waals surface area contributed by atoms with Crippen LogP contribution in [0.2, 0.25) is 0 Å². The van der Waals surface area contributed by atoms with Crippen LogP contribution >= 0.6 is 11.3 Å². The summed E-state index contributed by atoms with van der Waals surface area (Å²) >= 11 is 1.53. The molecule has 4 rings (SSSR count). The zero-order valence-electron chi connectivity index (χ0n) is 18.1. The molecule has 0 radical (unpaired) electrons. The third-order valence-electron chi connectivity index (χ3n) is 5.33. The van der Waals surface area contributed by atoms with E-state index in [0.29, 0.717) is 23.5 Å². The molecule has 6 nitrogen and oxygen atoms in total. The van der Waals surface area contributed by atoms with Gasteiger partial charge in [-0.2, -0.15) is 0 Å². The van der Waals surface area contributed by atoms with Crippen LogP contribution in [0.1, 0.15) is 35.0 Å². The predicted molar refractivity (Wildman–Crippen MR) is 125 cm³/mol. The summed E-state index contributed by atoms with van der Waals surface area (Å²) in [4.78, 5) is 35.8. The molecule has 7 heteroatoms. The number of thiophene rings is 1. The second kappa shape index (κ2) is 8.51. The molecule has 4 aromatic rings. The fourth-order valence-corrected chi connectivity index (χ4v) is 4.50. The minimum Gasteiger partial charge on any atom is -0.488 e. The van der Waals surface area contributed by atoms with Crippen molar-refractivity contribution in [2.75, 3.05) is 6.61 Å². The van der Waals surface area contributed by atoms with Gasteiger partial charge in [0.05, 0.1) is 18.5 Å². The highest BCUT2D eigenvalue weighted by atomic mass is 32.1. The zero-order chi connectivity index (χ0) is 22.1. The minimum atomic E-state index is -0.205. The Balaban J connectivity index is 1.86. The topological polar surface area (TPSA) is 77.0 Å². The molecule has 0 atom stereocenters. The number of nitrogens with one attached hydrogen (secondary N) is 1. The summed E-state index contributed by atoms with van der Waals surface area (Å²) in [5.41, 5.74) is 3.26. The van der Waals surface area contributed by atoms with Crippen molar-refractivity contribution in [2.45, 2.75) is 40.7 Å². The Hall–Kier alpha value is -3.19. The first-order chi connectivity index (χ1) is 14.9. The number of ether oxygens (including phenoxy) is 1. The third kappa shape index (κ3) is 4.05. The van der Waals surface area contributed by atoms with E-state index in [-0.39, 0.29) is 23.3 Å². The average Bonchev–Trinajstić information content (AvgIpc) is 3.04. The standard InChI is InChI=1S/C24H25N3O3S/c1-5-10-30-20-12-25-18(11-19(20)28)13-27-22(17-8-6-14(2)7-9-17)26-23-21(24(27)29)15(3)16(4)31-23/h6-9,11-12H,5,10,13H2,1-4H3,(H,25,28). The number of aryl methyl sites for hydroxylation is 3. The molecule has 3 aromatic heterocycles. The van der Waals surface area contributed by atoms with E-state index in [9.17, 15) is 9.59 Å². The van der Waals surface area contributed by atoms with Gasteiger partial charge < -0.3 is 9.72 Å². The minimum absolute atomic E-state index is 0.102. The number of hydrogen-bond acceptors (Lipinski definition) is 5. The molecule has 0 aliphatic rings. The summed E-state index contributed by atoms with van der Waals surface area (Å²) in [5.74, 6) is 0.875. The molecule has 1 aromatic carbocycles. The Kier molecular flexibility index (Phi) is 5.78. The van der Waals surface area contributed by atoms with Crippen molar-refractivity contribution in [1.82, 2.24) is 14.5 Å².